The summed E-state index contributed by atoms with van der Waals surface area (Å²) in [6.45, 7) is 0.527. The SMILES string of the molecule is Cc1n[nH]c(C)c1C(=O)Nc1cccc(OC(F)F)c1. The van der Waals surface area contributed by atoms with Crippen molar-refractivity contribution in [2.24, 2.45) is 0 Å². The molecule has 1 aromatic carbocycles. The van der Waals surface area contributed by atoms with Crippen LogP contribution in [0.1, 0.15) is 21.7 Å². The number of ether oxygens (including phenoxy) is 1. The van der Waals surface area contributed by atoms with E-state index in [0.29, 0.717) is 22.6 Å². The molecular formula is C13H13F2N3O2. The molecule has 5 nitrogen and oxygen atoms in total. The highest BCUT2D eigenvalue weighted by atomic mass is 19.3. The van der Waals surface area contributed by atoms with Crippen molar-refractivity contribution in [2.75, 3.05) is 5.32 Å². The lowest BCUT2D eigenvalue weighted by Gasteiger charge is -2.08. The minimum absolute atomic E-state index is 0.0153. The number of carbonyl (C=O) groups is 1. The number of anilines is 1. The van der Waals surface area contributed by atoms with Gasteiger partial charge in [-0.05, 0) is 26.0 Å². The van der Waals surface area contributed by atoms with Crippen LogP contribution < -0.4 is 10.1 Å². The topological polar surface area (TPSA) is 67.0 Å². The van der Waals surface area contributed by atoms with Crippen molar-refractivity contribution < 1.29 is 18.3 Å². The summed E-state index contributed by atoms with van der Waals surface area (Å²) in [5, 5.41) is 9.25. The van der Waals surface area contributed by atoms with Gasteiger partial charge in [-0.2, -0.15) is 13.9 Å². The highest BCUT2D eigenvalue weighted by molar-refractivity contribution is 6.05. The van der Waals surface area contributed by atoms with Gasteiger partial charge in [-0.1, -0.05) is 6.07 Å². The van der Waals surface area contributed by atoms with E-state index in [9.17, 15) is 13.6 Å². The Morgan fingerprint density at radius 2 is 2.15 bits per heavy atom. The summed E-state index contributed by atoms with van der Waals surface area (Å²) in [5.74, 6) is -0.374. The maximum absolute atomic E-state index is 12.1. The second-order valence-corrected chi connectivity index (χ2v) is 4.17. The van der Waals surface area contributed by atoms with Gasteiger partial charge in [0.1, 0.15) is 5.75 Å². The number of amides is 1. The van der Waals surface area contributed by atoms with Gasteiger partial charge in [0.25, 0.3) is 5.91 Å². The van der Waals surface area contributed by atoms with Crippen LogP contribution in [0.2, 0.25) is 0 Å². The Hall–Kier alpha value is -2.44. The van der Waals surface area contributed by atoms with E-state index in [0.717, 1.165) is 0 Å². The normalized spacial score (nSPS) is 10.7. The Bertz CT molecular complexity index is 606. The first-order chi connectivity index (χ1) is 9.47. The van der Waals surface area contributed by atoms with Crippen LogP contribution in [0, 0.1) is 13.8 Å². The Labute approximate surface area is 114 Å². The van der Waals surface area contributed by atoms with E-state index in [-0.39, 0.29) is 11.7 Å². The fourth-order valence-electron chi connectivity index (χ4n) is 1.83. The molecule has 0 radical (unpaired) electrons. The molecular weight excluding hydrogens is 268 g/mol. The Balaban J connectivity index is 2.16. The van der Waals surface area contributed by atoms with Gasteiger partial charge >= 0.3 is 6.61 Å². The summed E-state index contributed by atoms with van der Waals surface area (Å²) >= 11 is 0. The molecule has 0 spiro atoms. The van der Waals surface area contributed by atoms with Crippen LogP contribution in [0.25, 0.3) is 0 Å². The largest absolute Gasteiger partial charge is 0.435 e. The number of hydrogen-bond donors (Lipinski definition) is 2. The molecule has 0 aliphatic carbocycles. The van der Waals surface area contributed by atoms with Gasteiger partial charge in [0, 0.05) is 17.4 Å². The average Bonchev–Trinajstić information content (AvgIpc) is 2.68. The minimum Gasteiger partial charge on any atom is -0.435 e. The van der Waals surface area contributed by atoms with Crippen LogP contribution >= 0.6 is 0 Å². The van der Waals surface area contributed by atoms with E-state index < -0.39 is 6.61 Å². The summed E-state index contributed by atoms with van der Waals surface area (Å²) in [6, 6.07) is 5.81. The number of H-pyrrole nitrogens is 1. The zero-order valence-corrected chi connectivity index (χ0v) is 10.9. The number of alkyl halides is 2. The van der Waals surface area contributed by atoms with Crippen LogP contribution in [-0.4, -0.2) is 22.7 Å². The molecule has 7 heteroatoms. The van der Waals surface area contributed by atoms with Crippen LogP contribution in [0.5, 0.6) is 5.75 Å². The third-order valence-corrected chi connectivity index (χ3v) is 2.67. The number of aryl methyl sites for hydroxylation is 2. The van der Waals surface area contributed by atoms with E-state index in [2.05, 4.69) is 20.3 Å². The fraction of sp³-hybridized carbons (Fsp3) is 0.231. The third kappa shape index (κ3) is 3.11. The van der Waals surface area contributed by atoms with Gasteiger partial charge in [-0.25, -0.2) is 0 Å². The molecule has 0 saturated heterocycles. The number of aromatic nitrogens is 2. The number of carbonyl (C=O) groups excluding carboxylic acids is 1. The minimum atomic E-state index is -2.90. The first-order valence-electron chi connectivity index (χ1n) is 5.85. The third-order valence-electron chi connectivity index (χ3n) is 2.67. The van der Waals surface area contributed by atoms with E-state index >= 15 is 0 Å². The van der Waals surface area contributed by atoms with Crippen molar-refractivity contribution in [1.29, 1.82) is 0 Å². The van der Waals surface area contributed by atoms with Crippen molar-refractivity contribution in [3.63, 3.8) is 0 Å². The van der Waals surface area contributed by atoms with Crippen LogP contribution in [0.3, 0.4) is 0 Å². The molecule has 1 amide bonds. The second kappa shape index (κ2) is 5.68. The Morgan fingerprint density at radius 1 is 1.40 bits per heavy atom. The highest BCUT2D eigenvalue weighted by Gasteiger charge is 2.15. The average molecular weight is 281 g/mol. The summed E-state index contributed by atoms with van der Waals surface area (Å²) in [7, 11) is 0. The molecule has 1 aromatic heterocycles. The number of hydrogen-bond acceptors (Lipinski definition) is 3. The number of halogens is 2. The highest BCUT2D eigenvalue weighted by Crippen LogP contribution is 2.20. The summed E-state index contributed by atoms with van der Waals surface area (Å²) in [4.78, 5) is 12.1. The summed E-state index contributed by atoms with van der Waals surface area (Å²) in [5.41, 5.74) is 2.01. The molecule has 2 aromatic rings. The smallest absolute Gasteiger partial charge is 0.387 e. The number of nitrogens with zero attached hydrogens (tertiary/aromatic N) is 1. The first-order valence-corrected chi connectivity index (χ1v) is 5.85. The zero-order valence-electron chi connectivity index (χ0n) is 10.9. The second-order valence-electron chi connectivity index (χ2n) is 4.17. The standard InChI is InChI=1S/C13H13F2N3O2/c1-7-11(8(2)18-17-7)12(19)16-9-4-3-5-10(6-9)20-13(14)15/h3-6,13H,1-2H3,(H,16,19)(H,17,18). The van der Waals surface area contributed by atoms with Crippen molar-refractivity contribution in [3.8, 4) is 5.75 Å². The molecule has 0 aliphatic rings. The number of benzene rings is 1. The predicted molar refractivity (Wildman–Crippen MR) is 69.1 cm³/mol. The number of rotatable bonds is 4. The van der Waals surface area contributed by atoms with Crippen molar-refractivity contribution in [3.05, 3.63) is 41.2 Å². The monoisotopic (exact) mass is 281 g/mol. The van der Waals surface area contributed by atoms with E-state index in [4.69, 9.17) is 0 Å². The van der Waals surface area contributed by atoms with Gasteiger partial charge in [0.15, 0.2) is 0 Å². The van der Waals surface area contributed by atoms with Gasteiger partial charge in [0.2, 0.25) is 0 Å². The lowest BCUT2D eigenvalue weighted by Crippen LogP contribution is -2.13. The van der Waals surface area contributed by atoms with Crippen molar-refractivity contribution >= 4 is 11.6 Å². The zero-order chi connectivity index (χ0) is 14.7. The maximum Gasteiger partial charge on any atom is 0.387 e. The molecule has 20 heavy (non-hydrogen) atoms. The van der Waals surface area contributed by atoms with Crippen LogP contribution in [-0.2, 0) is 0 Å². The van der Waals surface area contributed by atoms with E-state index in [1.165, 1.54) is 18.2 Å². The molecule has 2 N–H and O–H groups in total. The molecule has 2 rings (SSSR count). The quantitative estimate of drug-likeness (QED) is 0.905. The molecule has 0 aliphatic heterocycles. The number of nitrogens with one attached hydrogen (secondary N) is 2. The lowest BCUT2D eigenvalue weighted by molar-refractivity contribution is -0.0497. The van der Waals surface area contributed by atoms with Gasteiger partial charge in [0.05, 0.1) is 11.3 Å². The molecule has 0 unspecified atom stereocenters. The van der Waals surface area contributed by atoms with E-state index in [1.807, 2.05) is 0 Å². The van der Waals surface area contributed by atoms with Crippen molar-refractivity contribution in [1.82, 2.24) is 10.2 Å². The predicted octanol–water partition coefficient (Wildman–Crippen LogP) is 2.88. The molecule has 0 bridgehead atoms. The molecule has 0 atom stereocenters. The van der Waals surface area contributed by atoms with Crippen molar-refractivity contribution in [2.45, 2.75) is 20.5 Å². The van der Waals surface area contributed by atoms with Crippen LogP contribution in [0.15, 0.2) is 24.3 Å². The fourth-order valence-corrected chi connectivity index (χ4v) is 1.83. The Kier molecular flexibility index (Phi) is 3.97. The molecule has 1 heterocycles. The molecule has 106 valence electrons. The lowest BCUT2D eigenvalue weighted by atomic mass is 10.2. The molecule has 0 fully saturated rings. The van der Waals surface area contributed by atoms with E-state index in [1.54, 1.807) is 19.9 Å². The molecule has 0 saturated carbocycles. The first kappa shape index (κ1) is 14.0. The summed E-state index contributed by atoms with van der Waals surface area (Å²) in [6.07, 6.45) is 0. The van der Waals surface area contributed by atoms with Crippen LogP contribution in [0.4, 0.5) is 14.5 Å². The summed E-state index contributed by atoms with van der Waals surface area (Å²) < 4.78 is 28.5. The Morgan fingerprint density at radius 3 is 2.75 bits per heavy atom. The van der Waals surface area contributed by atoms with Gasteiger partial charge in [-0.3, -0.25) is 9.89 Å². The maximum atomic E-state index is 12.1. The van der Waals surface area contributed by atoms with Gasteiger partial charge < -0.3 is 10.1 Å². The number of aromatic amines is 1. The van der Waals surface area contributed by atoms with Gasteiger partial charge in [-0.15, -0.1) is 0 Å².